The first-order valence-corrected chi connectivity index (χ1v) is 11.0. The van der Waals surface area contributed by atoms with Crippen molar-refractivity contribution in [2.24, 2.45) is 0 Å². The third-order valence-electron chi connectivity index (χ3n) is 4.10. The first kappa shape index (κ1) is 24.5. The second kappa shape index (κ2) is 10.2. The average Bonchev–Trinajstić information content (AvgIpc) is 3.08. The summed E-state index contributed by atoms with van der Waals surface area (Å²) < 4.78 is 16.5. The molecular formula is C20H12BrCl4FN4O2. The van der Waals surface area contributed by atoms with Crippen molar-refractivity contribution in [3.63, 3.8) is 0 Å². The number of nitrogens with zero attached hydrogens (tertiary/aromatic N) is 2. The van der Waals surface area contributed by atoms with Crippen LogP contribution < -0.4 is 10.6 Å². The zero-order valence-electron chi connectivity index (χ0n) is 16.0. The second-order valence-corrected chi connectivity index (χ2v) is 8.73. The minimum atomic E-state index is -1.17. The molecule has 0 aliphatic heterocycles. The SMILES string of the molecule is CNC(=O)c1cc(Cl)cc(Cl)c1NC(=O)/C(F)=C/c1cc(Br)nn1-c1ccc(Cl)cc1Cl. The lowest BCUT2D eigenvalue weighted by molar-refractivity contribution is -0.114. The van der Waals surface area contributed by atoms with Crippen LogP contribution in [0, 0.1) is 0 Å². The Kier molecular flexibility index (Phi) is 7.84. The van der Waals surface area contributed by atoms with Gasteiger partial charge in [0.25, 0.3) is 11.8 Å². The van der Waals surface area contributed by atoms with Crippen molar-refractivity contribution in [3.05, 3.63) is 78.2 Å². The van der Waals surface area contributed by atoms with E-state index >= 15 is 0 Å². The van der Waals surface area contributed by atoms with Gasteiger partial charge in [0, 0.05) is 23.2 Å². The summed E-state index contributed by atoms with van der Waals surface area (Å²) in [5.74, 6) is -2.86. The van der Waals surface area contributed by atoms with Crippen LogP contribution in [-0.2, 0) is 4.79 Å². The van der Waals surface area contributed by atoms with Crippen molar-refractivity contribution in [1.82, 2.24) is 15.1 Å². The average molecular weight is 581 g/mol. The molecule has 3 rings (SSSR count). The van der Waals surface area contributed by atoms with Gasteiger partial charge in [-0.1, -0.05) is 46.4 Å². The number of nitrogens with one attached hydrogen (secondary N) is 2. The Labute approximate surface area is 210 Å². The lowest BCUT2D eigenvalue weighted by Gasteiger charge is -2.12. The predicted molar refractivity (Wildman–Crippen MR) is 129 cm³/mol. The number of hydrogen-bond donors (Lipinski definition) is 2. The Morgan fingerprint density at radius 3 is 2.41 bits per heavy atom. The fraction of sp³-hybridized carbons (Fsp3) is 0.0500. The molecule has 0 unspecified atom stereocenters. The minimum Gasteiger partial charge on any atom is -0.355 e. The smallest absolute Gasteiger partial charge is 0.284 e. The molecule has 0 atom stereocenters. The third-order valence-corrected chi connectivity index (χ3v) is 5.54. The summed E-state index contributed by atoms with van der Waals surface area (Å²) in [6.07, 6.45) is 0.960. The summed E-state index contributed by atoms with van der Waals surface area (Å²) in [6, 6.07) is 8.82. The zero-order chi connectivity index (χ0) is 23.6. The maximum atomic E-state index is 14.8. The van der Waals surface area contributed by atoms with E-state index in [9.17, 15) is 14.0 Å². The molecule has 0 radical (unpaired) electrons. The van der Waals surface area contributed by atoms with E-state index in [1.54, 1.807) is 12.1 Å². The van der Waals surface area contributed by atoms with Crippen LogP contribution in [0.1, 0.15) is 16.1 Å². The Morgan fingerprint density at radius 2 is 1.75 bits per heavy atom. The third kappa shape index (κ3) is 5.44. The van der Waals surface area contributed by atoms with Gasteiger partial charge in [0.1, 0.15) is 4.60 Å². The number of hydrogen-bond acceptors (Lipinski definition) is 3. The van der Waals surface area contributed by atoms with E-state index < -0.39 is 17.6 Å². The normalized spacial score (nSPS) is 11.4. The van der Waals surface area contributed by atoms with Crippen LogP contribution in [-0.4, -0.2) is 28.6 Å². The number of carbonyl (C=O) groups is 2. The number of amides is 2. The van der Waals surface area contributed by atoms with E-state index in [1.807, 2.05) is 0 Å². The highest BCUT2D eigenvalue weighted by molar-refractivity contribution is 9.10. The predicted octanol–water partition coefficient (Wildman–Crippen LogP) is 6.56. The summed E-state index contributed by atoms with van der Waals surface area (Å²) in [5, 5.41) is 9.76. The van der Waals surface area contributed by atoms with Gasteiger partial charge in [-0.2, -0.15) is 5.10 Å². The van der Waals surface area contributed by atoms with E-state index in [0.717, 1.165) is 6.08 Å². The maximum Gasteiger partial charge on any atom is 0.284 e. The van der Waals surface area contributed by atoms with Gasteiger partial charge in [0.15, 0.2) is 5.83 Å². The lowest BCUT2D eigenvalue weighted by Crippen LogP contribution is -2.22. The molecular weight excluding hydrogens is 569 g/mol. The molecule has 2 aromatic carbocycles. The Morgan fingerprint density at radius 1 is 1.06 bits per heavy atom. The molecule has 166 valence electrons. The first-order valence-electron chi connectivity index (χ1n) is 8.71. The summed E-state index contributed by atoms with van der Waals surface area (Å²) in [7, 11) is 1.39. The van der Waals surface area contributed by atoms with E-state index in [-0.39, 0.29) is 32.0 Å². The van der Waals surface area contributed by atoms with Crippen LogP contribution in [0.2, 0.25) is 20.1 Å². The summed E-state index contributed by atoms with van der Waals surface area (Å²) in [5.41, 5.74) is 0.526. The molecule has 2 N–H and O–H groups in total. The highest BCUT2D eigenvalue weighted by Gasteiger charge is 2.20. The van der Waals surface area contributed by atoms with Crippen LogP contribution in [0.25, 0.3) is 11.8 Å². The van der Waals surface area contributed by atoms with Gasteiger partial charge in [-0.05, 0) is 52.3 Å². The number of anilines is 1. The standard InChI is InChI=1S/C20H12BrCl4FN4O2/c1-27-19(31)12-4-10(23)6-14(25)18(12)28-20(32)15(26)7-11-8-17(21)29-30(11)16-3-2-9(22)5-13(16)24/h2-8H,1H3,(H,27,31)(H,28,32)/b15-7-. The van der Waals surface area contributed by atoms with Crippen molar-refractivity contribution in [2.45, 2.75) is 0 Å². The van der Waals surface area contributed by atoms with Gasteiger partial charge in [-0.3, -0.25) is 9.59 Å². The molecule has 3 aromatic rings. The molecule has 0 spiro atoms. The maximum absolute atomic E-state index is 14.8. The topological polar surface area (TPSA) is 76.0 Å². The highest BCUT2D eigenvalue weighted by atomic mass is 79.9. The molecule has 0 saturated heterocycles. The Bertz CT molecular complexity index is 1260. The van der Waals surface area contributed by atoms with E-state index in [4.69, 9.17) is 46.4 Å². The lowest BCUT2D eigenvalue weighted by atomic mass is 10.1. The number of aromatic nitrogens is 2. The van der Waals surface area contributed by atoms with Crippen molar-refractivity contribution in [2.75, 3.05) is 12.4 Å². The van der Waals surface area contributed by atoms with Gasteiger partial charge in [-0.25, -0.2) is 9.07 Å². The van der Waals surface area contributed by atoms with Gasteiger partial charge in [0.2, 0.25) is 0 Å². The Balaban J connectivity index is 1.97. The summed E-state index contributed by atoms with van der Waals surface area (Å²) in [4.78, 5) is 24.6. The molecule has 6 nitrogen and oxygen atoms in total. The molecule has 1 aromatic heterocycles. The second-order valence-electron chi connectivity index (χ2n) is 6.24. The van der Waals surface area contributed by atoms with Crippen molar-refractivity contribution >= 4 is 85.9 Å². The molecule has 0 fully saturated rings. The van der Waals surface area contributed by atoms with E-state index in [1.165, 1.54) is 36.0 Å². The molecule has 0 saturated carbocycles. The molecule has 1 heterocycles. The molecule has 2 amide bonds. The number of rotatable bonds is 5. The summed E-state index contributed by atoms with van der Waals surface area (Å²) in [6.45, 7) is 0. The van der Waals surface area contributed by atoms with Crippen LogP contribution in [0.5, 0.6) is 0 Å². The van der Waals surface area contributed by atoms with E-state index in [2.05, 4.69) is 31.7 Å². The molecule has 12 heteroatoms. The van der Waals surface area contributed by atoms with Gasteiger partial charge in [0.05, 0.1) is 32.7 Å². The van der Waals surface area contributed by atoms with E-state index in [0.29, 0.717) is 15.3 Å². The monoisotopic (exact) mass is 578 g/mol. The Hall–Kier alpha value is -2.10. The van der Waals surface area contributed by atoms with Crippen LogP contribution in [0.15, 0.2) is 46.8 Å². The molecule has 0 bridgehead atoms. The largest absolute Gasteiger partial charge is 0.355 e. The van der Waals surface area contributed by atoms with Crippen molar-refractivity contribution in [1.29, 1.82) is 0 Å². The van der Waals surface area contributed by atoms with Crippen LogP contribution in [0.4, 0.5) is 10.1 Å². The quantitative estimate of drug-likeness (QED) is 0.336. The molecule has 0 aliphatic carbocycles. The first-order chi connectivity index (χ1) is 15.1. The summed E-state index contributed by atoms with van der Waals surface area (Å²) >= 11 is 27.4. The minimum absolute atomic E-state index is 0.0214. The highest BCUT2D eigenvalue weighted by Crippen LogP contribution is 2.31. The van der Waals surface area contributed by atoms with Crippen molar-refractivity contribution in [3.8, 4) is 5.69 Å². The molecule has 0 aliphatic rings. The van der Waals surface area contributed by atoms with Gasteiger partial charge < -0.3 is 10.6 Å². The van der Waals surface area contributed by atoms with Crippen LogP contribution >= 0.6 is 62.3 Å². The van der Waals surface area contributed by atoms with Gasteiger partial charge >= 0.3 is 0 Å². The fourth-order valence-corrected chi connectivity index (χ4v) is 4.12. The number of halogens is 6. The van der Waals surface area contributed by atoms with Crippen molar-refractivity contribution < 1.29 is 14.0 Å². The number of benzene rings is 2. The fourth-order valence-electron chi connectivity index (χ4n) is 2.70. The number of carbonyl (C=O) groups excluding carboxylic acids is 2. The molecule has 32 heavy (non-hydrogen) atoms. The zero-order valence-corrected chi connectivity index (χ0v) is 20.6. The van der Waals surface area contributed by atoms with Gasteiger partial charge in [-0.15, -0.1) is 0 Å². The van der Waals surface area contributed by atoms with Crippen LogP contribution in [0.3, 0.4) is 0 Å².